The van der Waals surface area contributed by atoms with Gasteiger partial charge in [0.05, 0.1) is 6.04 Å². The molecule has 2 heterocycles. The molecule has 7 nitrogen and oxygen atoms in total. The van der Waals surface area contributed by atoms with Gasteiger partial charge in [-0.1, -0.05) is 0 Å². The largest absolute Gasteiger partial charge is 0.444 e. The summed E-state index contributed by atoms with van der Waals surface area (Å²) in [5, 5.41) is 2.59. The lowest BCUT2D eigenvalue weighted by atomic mass is 10.0. The molecule has 1 N–H and O–H groups in total. The van der Waals surface area contributed by atoms with Crippen LogP contribution in [0.3, 0.4) is 0 Å². The highest BCUT2D eigenvalue weighted by molar-refractivity contribution is 5.82. The van der Waals surface area contributed by atoms with Crippen molar-refractivity contribution in [1.29, 1.82) is 0 Å². The van der Waals surface area contributed by atoms with E-state index in [0.717, 1.165) is 25.3 Å². The number of nitrogens with one attached hydrogen (secondary N) is 1. The summed E-state index contributed by atoms with van der Waals surface area (Å²) in [5.74, 6) is -3.24. The number of rotatable bonds is 6. The Balaban J connectivity index is 1.45. The van der Waals surface area contributed by atoms with Crippen molar-refractivity contribution in [2.45, 2.75) is 70.6 Å². The SMILES string of the molecule is CC(C)(C)OC(=O)NC(CC(=O)N1CCC2CN(C(=O)C3CC3)CC21)Cc1cc(F)c(F)cc1F. The third kappa shape index (κ3) is 6.08. The molecule has 1 saturated carbocycles. The molecule has 192 valence electrons. The maximum absolute atomic E-state index is 14.3. The summed E-state index contributed by atoms with van der Waals surface area (Å²) in [4.78, 5) is 41.8. The Kier molecular flexibility index (Phi) is 7.02. The van der Waals surface area contributed by atoms with Gasteiger partial charge in [-0.15, -0.1) is 0 Å². The first-order valence-electron chi connectivity index (χ1n) is 12.1. The molecule has 3 amide bonds. The van der Waals surface area contributed by atoms with Crippen LogP contribution >= 0.6 is 0 Å². The normalized spacial score (nSPS) is 22.7. The lowest BCUT2D eigenvalue weighted by Gasteiger charge is -2.28. The summed E-state index contributed by atoms with van der Waals surface area (Å²) in [6.45, 7) is 6.72. The second kappa shape index (κ2) is 9.70. The summed E-state index contributed by atoms with van der Waals surface area (Å²) in [6, 6.07) is 0.198. The van der Waals surface area contributed by atoms with Crippen LogP contribution in [0.15, 0.2) is 12.1 Å². The molecule has 1 aromatic rings. The number of likely N-dealkylation sites (tertiary alicyclic amines) is 2. The molecule has 35 heavy (non-hydrogen) atoms. The molecule has 0 radical (unpaired) electrons. The Morgan fingerprint density at radius 1 is 1.06 bits per heavy atom. The van der Waals surface area contributed by atoms with E-state index in [4.69, 9.17) is 4.74 Å². The number of nitrogens with zero attached hydrogens (tertiary/aromatic N) is 2. The molecule has 10 heteroatoms. The Labute approximate surface area is 203 Å². The number of fused-ring (bicyclic) bond motifs is 1. The maximum atomic E-state index is 14.3. The van der Waals surface area contributed by atoms with E-state index in [1.807, 2.05) is 4.90 Å². The number of carbonyl (C=O) groups excluding carboxylic acids is 3. The Morgan fingerprint density at radius 2 is 1.74 bits per heavy atom. The van der Waals surface area contributed by atoms with Gasteiger partial charge in [-0.05, 0) is 58.1 Å². The van der Waals surface area contributed by atoms with Crippen molar-refractivity contribution >= 4 is 17.9 Å². The lowest BCUT2D eigenvalue weighted by Crippen LogP contribution is -2.46. The summed E-state index contributed by atoms with van der Waals surface area (Å²) in [7, 11) is 0. The number of hydrogen-bond donors (Lipinski definition) is 1. The molecule has 3 unspecified atom stereocenters. The third-order valence-corrected chi connectivity index (χ3v) is 6.80. The van der Waals surface area contributed by atoms with Crippen LogP contribution in [0.25, 0.3) is 0 Å². The van der Waals surface area contributed by atoms with Crippen LogP contribution in [0.4, 0.5) is 18.0 Å². The van der Waals surface area contributed by atoms with Crippen LogP contribution in [0.5, 0.6) is 0 Å². The molecule has 2 aliphatic heterocycles. The van der Waals surface area contributed by atoms with E-state index in [2.05, 4.69) is 5.32 Å². The highest BCUT2D eigenvalue weighted by Crippen LogP contribution is 2.37. The topological polar surface area (TPSA) is 79.0 Å². The lowest BCUT2D eigenvalue weighted by molar-refractivity contribution is -0.135. The smallest absolute Gasteiger partial charge is 0.407 e. The summed E-state index contributed by atoms with van der Waals surface area (Å²) in [6.07, 6.45) is 1.45. The van der Waals surface area contributed by atoms with Gasteiger partial charge >= 0.3 is 6.09 Å². The van der Waals surface area contributed by atoms with Crippen molar-refractivity contribution < 1.29 is 32.3 Å². The quantitative estimate of drug-likeness (QED) is 0.614. The third-order valence-electron chi connectivity index (χ3n) is 6.80. The number of ether oxygens (including phenoxy) is 1. The fourth-order valence-electron chi connectivity index (χ4n) is 5.00. The van der Waals surface area contributed by atoms with Crippen molar-refractivity contribution in [2.75, 3.05) is 19.6 Å². The first-order chi connectivity index (χ1) is 16.4. The molecule has 3 fully saturated rings. The van der Waals surface area contributed by atoms with Gasteiger partial charge in [0.1, 0.15) is 11.4 Å². The second-order valence-corrected chi connectivity index (χ2v) is 10.8. The minimum atomic E-state index is -1.31. The number of amides is 3. The number of hydrogen-bond acceptors (Lipinski definition) is 4. The number of halogens is 3. The van der Waals surface area contributed by atoms with Gasteiger partial charge in [0, 0.05) is 50.0 Å². The van der Waals surface area contributed by atoms with E-state index in [1.165, 1.54) is 0 Å². The zero-order valence-corrected chi connectivity index (χ0v) is 20.3. The summed E-state index contributed by atoms with van der Waals surface area (Å²) in [5.41, 5.74) is -0.950. The van der Waals surface area contributed by atoms with Crippen molar-refractivity contribution in [2.24, 2.45) is 11.8 Å². The average molecular weight is 496 g/mol. The molecule has 0 bridgehead atoms. The van der Waals surface area contributed by atoms with Gasteiger partial charge < -0.3 is 19.9 Å². The first-order valence-corrected chi connectivity index (χ1v) is 12.1. The fourth-order valence-corrected chi connectivity index (χ4v) is 5.00. The predicted molar refractivity (Wildman–Crippen MR) is 121 cm³/mol. The first kappa shape index (κ1) is 25.3. The molecule has 1 aliphatic carbocycles. The van der Waals surface area contributed by atoms with Gasteiger partial charge in [0.2, 0.25) is 11.8 Å². The zero-order valence-electron chi connectivity index (χ0n) is 20.3. The van der Waals surface area contributed by atoms with Crippen LogP contribution in [-0.2, 0) is 20.7 Å². The minimum absolute atomic E-state index is 0.0904. The highest BCUT2D eigenvalue weighted by Gasteiger charge is 2.47. The molecular weight excluding hydrogens is 463 g/mol. The molecule has 0 aromatic heterocycles. The Hall–Kier alpha value is -2.78. The van der Waals surface area contributed by atoms with Crippen molar-refractivity contribution in [3.63, 3.8) is 0 Å². The van der Waals surface area contributed by atoms with E-state index >= 15 is 0 Å². The molecule has 0 spiro atoms. The number of carbonyl (C=O) groups is 3. The Bertz CT molecular complexity index is 1010. The zero-order chi connectivity index (χ0) is 25.5. The van der Waals surface area contributed by atoms with Crippen LogP contribution in [0.1, 0.15) is 52.0 Å². The minimum Gasteiger partial charge on any atom is -0.444 e. The van der Waals surface area contributed by atoms with Gasteiger partial charge in [-0.2, -0.15) is 0 Å². The average Bonchev–Trinajstić information content (AvgIpc) is 3.38. The summed E-state index contributed by atoms with van der Waals surface area (Å²) >= 11 is 0. The summed E-state index contributed by atoms with van der Waals surface area (Å²) < 4.78 is 46.7. The van der Waals surface area contributed by atoms with Crippen molar-refractivity contribution in [3.05, 3.63) is 35.1 Å². The highest BCUT2D eigenvalue weighted by atomic mass is 19.2. The monoisotopic (exact) mass is 495 g/mol. The molecule has 1 aromatic carbocycles. The Morgan fingerprint density at radius 3 is 2.40 bits per heavy atom. The van der Waals surface area contributed by atoms with Gasteiger partial charge in [-0.3, -0.25) is 9.59 Å². The van der Waals surface area contributed by atoms with E-state index in [0.29, 0.717) is 25.7 Å². The van der Waals surface area contributed by atoms with Crippen LogP contribution in [0, 0.1) is 29.3 Å². The molecule has 4 rings (SSSR count). The predicted octanol–water partition coefficient (Wildman–Crippen LogP) is 3.40. The number of alkyl carbamates (subject to hydrolysis) is 1. The molecule has 3 atom stereocenters. The molecular formula is C25H32F3N3O4. The van der Waals surface area contributed by atoms with E-state index in [-0.39, 0.29) is 48.1 Å². The molecule has 2 saturated heterocycles. The second-order valence-electron chi connectivity index (χ2n) is 10.8. The van der Waals surface area contributed by atoms with E-state index in [1.54, 1.807) is 25.7 Å². The van der Waals surface area contributed by atoms with Gasteiger partial charge in [0.25, 0.3) is 0 Å². The van der Waals surface area contributed by atoms with Crippen LogP contribution in [-0.4, -0.2) is 65.0 Å². The van der Waals surface area contributed by atoms with Crippen LogP contribution in [0.2, 0.25) is 0 Å². The van der Waals surface area contributed by atoms with Crippen molar-refractivity contribution in [3.8, 4) is 0 Å². The number of benzene rings is 1. The van der Waals surface area contributed by atoms with Gasteiger partial charge in [0.15, 0.2) is 11.6 Å². The van der Waals surface area contributed by atoms with Gasteiger partial charge in [-0.25, -0.2) is 18.0 Å². The van der Waals surface area contributed by atoms with Crippen LogP contribution < -0.4 is 5.32 Å². The maximum Gasteiger partial charge on any atom is 0.407 e. The molecule has 3 aliphatic rings. The van der Waals surface area contributed by atoms with Crippen molar-refractivity contribution in [1.82, 2.24) is 15.1 Å². The standard InChI is InChI=1S/C25H32F3N3O4/c1-25(2,3)35-24(34)29-17(8-16-9-19(27)20(28)11-18(16)26)10-22(32)31-7-6-15-12-30(13-21(15)31)23(33)14-4-5-14/h9,11,14-15,17,21H,4-8,10,12-13H2,1-3H3,(H,29,34). The van der Waals surface area contributed by atoms with E-state index < -0.39 is 35.2 Å². The van der Waals surface area contributed by atoms with E-state index in [9.17, 15) is 27.6 Å². The fraction of sp³-hybridized carbons (Fsp3) is 0.640.